The first-order valence-electron chi connectivity index (χ1n) is 11.3. The second-order valence-corrected chi connectivity index (χ2v) is 12.3. The predicted molar refractivity (Wildman–Crippen MR) is 133 cm³/mol. The molecule has 1 saturated heterocycles. The van der Waals surface area contributed by atoms with Crippen LogP contribution >= 0.6 is 23.7 Å². The lowest BCUT2D eigenvalue weighted by molar-refractivity contribution is 0.0576. The van der Waals surface area contributed by atoms with E-state index < -0.39 is 10.0 Å². The highest BCUT2D eigenvalue weighted by molar-refractivity contribution is 7.96. The second kappa shape index (κ2) is 9.54. The Bertz CT molecular complexity index is 1090. The highest BCUT2D eigenvalue weighted by Gasteiger charge is 2.37. The first-order valence-corrected chi connectivity index (χ1v) is 13.9. The highest BCUT2D eigenvalue weighted by Crippen LogP contribution is 2.37. The SMILES string of the molecule is CN(CC1CC(Oc2ccc(CN3CCCC3)c(Cl)c2)C1)S(=O)(=O)C1=CC=CN2SNC=C12. The van der Waals surface area contributed by atoms with Gasteiger partial charge in [-0.15, -0.1) is 0 Å². The lowest BCUT2D eigenvalue weighted by atomic mass is 9.82. The van der Waals surface area contributed by atoms with Gasteiger partial charge in [0.2, 0.25) is 10.0 Å². The molecule has 7 nitrogen and oxygen atoms in total. The van der Waals surface area contributed by atoms with Crippen molar-refractivity contribution in [3.05, 3.63) is 63.9 Å². The molecule has 33 heavy (non-hydrogen) atoms. The Labute approximate surface area is 205 Å². The number of sulfonamides is 1. The normalized spacial score (nSPS) is 24.9. The Morgan fingerprint density at radius 3 is 2.82 bits per heavy atom. The van der Waals surface area contributed by atoms with Crippen LogP contribution in [0.25, 0.3) is 0 Å². The van der Waals surface area contributed by atoms with Crippen LogP contribution < -0.4 is 9.46 Å². The Kier molecular flexibility index (Phi) is 6.68. The molecule has 0 aromatic heterocycles. The maximum absolute atomic E-state index is 13.1. The van der Waals surface area contributed by atoms with E-state index in [1.165, 1.54) is 29.3 Å². The molecule has 10 heteroatoms. The number of fused-ring (bicyclic) bond motifs is 1. The molecular weight excluding hydrogens is 480 g/mol. The summed E-state index contributed by atoms with van der Waals surface area (Å²) in [5.41, 5.74) is 1.80. The van der Waals surface area contributed by atoms with Gasteiger partial charge in [-0.2, -0.15) is 0 Å². The average molecular weight is 509 g/mol. The maximum atomic E-state index is 13.1. The molecule has 1 aromatic rings. The molecule has 2 fully saturated rings. The molecular formula is C23H29ClN4O3S2. The van der Waals surface area contributed by atoms with Crippen LogP contribution in [0.1, 0.15) is 31.2 Å². The van der Waals surface area contributed by atoms with Gasteiger partial charge in [0.25, 0.3) is 0 Å². The molecule has 0 radical (unpaired) electrons. The average Bonchev–Trinajstić information content (AvgIpc) is 3.45. The van der Waals surface area contributed by atoms with Crippen molar-refractivity contribution in [2.24, 2.45) is 5.92 Å². The summed E-state index contributed by atoms with van der Waals surface area (Å²) in [6.45, 7) is 3.65. The quantitative estimate of drug-likeness (QED) is 0.531. The monoisotopic (exact) mass is 508 g/mol. The first-order chi connectivity index (χ1) is 15.9. The van der Waals surface area contributed by atoms with Crippen molar-refractivity contribution in [1.82, 2.24) is 18.2 Å². The number of nitrogens with zero attached hydrogens (tertiary/aromatic N) is 3. The van der Waals surface area contributed by atoms with E-state index >= 15 is 0 Å². The van der Waals surface area contributed by atoms with E-state index in [4.69, 9.17) is 16.3 Å². The van der Waals surface area contributed by atoms with Crippen LogP contribution in [-0.2, 0) is 16.6 Å². The van der Waals surface area contributed by atoms with Crippen LogP contribution in [-0.4, -0.2) is 54.7 Å². The predicted octanol–water partition coefficient (Wildman–Crippen LogP) is 4.08. The molecule has 1 N–H and O–H groups in total. The summed E-state index contributed by atoms with van der Waals surface area (Å²) in [6.07, 6.45) is 11.3. The number of likely N-dealkylation sites (tertiary alicyclic amines) is 1. The summed E-state index contributed by atoms with van der Waals surface area (Å²) in [7, 11) is -1.91. The van der Waals surface area contributed by atoms with E-state index in [9.17, 15) is 8.42 Å². The first kappa shape index (κ1) is 23.1. The second-order valence-electron chi connectivity index (χ2n) is 9.04. The molecule has 0 amide bonds. The fourth-order valence-corrected chi connectivity index (χ4v) is 7.07. The van der Waals surface area contributed by atoms with Gasteiger partial charge in [0.05, 0.1) is 23.9 Å². The molecule has 3 heterocycles. The van der Waals surface area contributed by atoms with Crippen LogP contribution in [0.3, 0.4) is 0 Å². The summed E-state index contributed by atoms with van der Waals surface area (Å²) < 4.78 is 38.7. The number of rotatable bonds is 8. The Hall–Kier alpha value is -1.65. The fraction of sp³-hybridized carbons (Fsp3) is 0.478. The molecule has 1 aromatic carbocycles. The van der Waals surface area contributed by atoms with E-state index in [1.54, 1.807) is 25.4 Å². The van der Waals surface area contributed by atoms with Crippen LogP contribution in [0.15, 0.2) is 53.4 Å². The minimum absolute atomic E-state index is 0.0945. The highest BCUT2D eigenvalue weighted by atomic mass is 35.5. The largest absolute Gasteiger partial charge is 0.490 e. The lowest BCUT2D eigenvalue weighted by Crippen LogP contribution is -2.42. The summed E-state index contributed by atoms with van der Waals surface area (Å²) in [5, 5.41) is 0.749. The van der Waals surface area contributed by atoms with Crippen LogP contribution in [0.5, 0.6) is 5.75 Å². The Balaban J connectivity index is 1.12. The molecule has 4 aliphatic rings. The van der Waals surface area contributed by atoms with Gasteiger partial charge in [0, 0.05) is 37.6 Å². The zero-order valence-electron chi connectivity index (χ0n) is 18.6. The Morgan fingerprint density at radius 2 is 2.06 bits per heavy atom. The van der Waals surface area contributed by atoms with Crippen molar-refractivity contribution < 1.29 is 13.2 Å². The number of hydrogen-bond acceptors (Lipinski definition) is 7. The number of allylic oxidation sites excluding steroid dienone is 2. The van der Waals surface area contributed by atoms with Gasteiger partial charge in [-0.25, -0.2) is 12.7 Å². The minimum Gasteiger partial charge on any atom is -0.490 e. The van der Waals surface area contributed by atoms with Gasteiger partial charge >= 0.3 is 0 Å². The van der Waals surface area contributed by atoms with Crippen molar-refractivity contribution in [2.45, 2.75) is 38.3 Å². The summed E-state index contributed by atoms with van der Waals surface area (Å²) in [5.74, 6) is 1.06. The zero-order valence-corrected chi connectivity index (χ0v) is 21.0. The smallest absolute Gasteiger partial charge is 0.244 e. The molecule has 178 valence electrons. The standard InChI is InChI=1S/C23H29ClN4O3S2/c1-26(33(29,30)23-5-4-10-28-22(23)14-25-32-28)15-17-11-20(12-17)31-19-7-6-18(21(24)13-19)16-27-8-2-3-9-27/h4-7,10,13-14,17,20,25H,2-3,8-9,11-12,15-16H2,1H3. The molecule has 5 rings (SSSR count). The van der Waals surface area contributed by atoms with E-state index in [2.05, 4.69) is 15.7 Å². The van der Waals surface area contributed by atoms with Crippen LogP contribution in [0.2, 0.25) is 5.02 Å². The zero-order chi connectivity index (χ0) is 23.0. The van der Waals surface area contributed by atoms with E-state index in [1.807, 2.05) is 22.6 Å². The van der Waals surface area contributed by atoms with Crippen molar-refractivity contribution in [3.63, 3.8) is 0 Å². The van der Waals surface area contributed by atoms with E-state index in [0.717, 1.165) is 48.8 Å². The molecule has 0 unspecified atom stereocenters. The fourth-order valence-electron chi connectivity index (χ4n) is 4.71. The van der Waals surface area contributed by atoms with Gasteiger partial charge in [-0.1, -0.05) is 17.7 Å². The summed E-state index contributed by atoms with van der Waals surface area (Å²) >= 11 is 7.86. The van der Waals surface area contributed by atoms with E-state index in [0.29, 0.717) is 17.1 Å². The van der Waals surface area contributed by atoms with Gasteiger partial charge < -0.3 is 9.46 Å². The number of nitrogens with one attached hydrogen (secondary N) is 1. The molecule has 1 aliphatic carbocycles. The lowest BCUT2D eigenvalue weighted by Gasteiger charge is -2.37. The molecule has 0 spiro atoms. The number of halogens is 1. The topological polar surface area (TPSA) is 65.1 Å². The minimum atomic E-state index is -3.57. The summed E-state index contributed by atoms with van der Waals surface area (Å²) in [4.78, 5) is 2.75. The maximum Gasteiger partial charge on any atom is 0.244 e. The third-order valence-electron chi connectivity index (χ3n) is 6.62. The van der Waals surface area contributed by atoms with Crippen LogP contribution in [0.4, 0.5) is 0 Å². The molecule has 0 bridgehead atoms. The van der Waals surface area contributed by atoms with Crippen molar-refractivity contribution >= 4 is 33.8 Å². The van der Waals surface area contributed by atoms with Gasteiger partial charge in [-0.3, -0.25) is 9.21 Å². The summed E-state index contributed by atoms with van der Waals surface area (Å²) in [6, 6.07) is 5.97. The van der Waals surface area contributed by atoms with Gasteiger partial charge in [-0.05, 0) is 74.5 Å². The third-order valence-corrected chi connectivity index (χ3v) is 9.58. The molecule has 1 saturated carbocycles. The number of benzene rings is 1. The molecule has 0 atom stereocenters. The Morgan fingerprint density at radius 1 is 1.27 bits per heavy atom. The van der Waals surface area contributed by atoms with Gasteiger partial charge in [0.1, 0.15) is 10.7 Å². The van der Waals surface area contributed by atoms with Gasteiger partial charge in [0.15, 0.2) is 0 Å². The van der Waals surface area contributed by atoms with Crippen molar-refractivity contribution in [2.75, 3.05) is 26.7 Å². The third kappa shape index (κ3) is 4.93. The van der Waals surface area contributed by atoms with Crippen LogP contribution in [0, 0.1) is 5.92 Å². The van der Waals surface area contributed by atoms with E-state index in [-0.39, 0.29) is 12.0 Å². The number of hydrogen-bond donors (Lipinski definition) is 1. The van der Waals surface area contributed by atoms with Crippen molar-refractivity contribution in [3.8, 4) is 5.75 Å². The number of ether oxygens (including phenoxy) is 1. The van der Waals surface area contributed by atoms with Crippen molar-refractivity contribution in [1.29, 1.82) is 0 Å². The molecule has 3 aliphatic heterocycles.